The molecule has 0 aliphatic carbocycles. The van der Waals surface area contributed by atoms with Crippen molar-refractivity contribution in [3.8, 4) is 0 Å². The SMILES string of the molecule is CC(=O)c1cccc(NC(=O)c2cc3ccccc3o2)c1. The maximum Gasteiger partial charge on any atom is 0.291 e. The van der Waals surface area contributed by atoms with Crippen LogP contribution in [0.3, 0.4) is 0 Å². The van der Waals surface area contributed by atoms with E-state index in [4.69, 9.17) is 4.42 Å². The minimum absolute atomic E-state index is 0.0464. The first-order valence-electron chi connectivity index (χ1n) is 6.54. The van der Waals surface area contributed by atoms with Gasteiger partial charge in [-0.2, -0.15) is 0 Å². The van der Waals surface area contributed by atoms with Gasteiger partial charge in [0.05, 0.1) is 0 Å². The van der Waals surface area contributed by atoms with Crippen LogP contribution in [0.15, 0.2) is 59.0 Å². The summed E-state index contributed by atoms with van der Waals surface area (Å²) < 4.78 is 5.50. The number of carbonyl (C=O) groups excluding carboxylic acids is 2. The van der Waals surface area contributed by atoms with Crippen molar-refractivity contribution in [2.24, 2.45) is 0 Å². The molecule has 21 heavy (non-hydrogen) atoms. The third-order valence-corrected chi connectivity index (χ3v) is 3.18. The molecule has 0 unspecified atom stereocenters. The Kier molecular flexibility index (Phi) is 3.28. The number of furan rings is 1. The molecule has 1 aromatic heterocycles. The van der Waals surface area contributed by atoms with E-state index < -0.39 is 0 Å². The Morgan fingerprint density at radius 2 is 1.81 bits per heavy atom. The molecule has 0 aliphatic heterocycles. The van der Waals surface area contributed by atoms with Gasteiger partial charge in [0.2, 0.25) is 0 Å². The summed E-state index contributed by atoms with van der Waals surface area (Å²) in [5.74, 6) is -0.147. The number of para-hydroxylation sites is 1. The van der Waals surface area contributed by atoms with Crippen molar-refractivity contribution in [1.82, 2.24) is 0 Å². The molecular formula is C17H13NO3. The van der Waals surface area contributed by atoms with Crippen molar-refractivity contribution in [2.75, 3.05) is 5.32 Å². The number of carbonyl (C=O) groups is 2. The fourth-order valence-electron chi connectivity index (χ4n) is 2.10. The zero-order valence-electron chi connectivity index (χ0n) is 11.4. The van der Waals surface area contributed by atoms with Crippen LogP contribution in [0.4, 0.5) is 5.69 Å². The van der Waals surface area contributed by atoms with Crippen molar-refractivity contribution in [3.05, 3.63) is 65.9 Å². The quantitative estimate of drug-likeness (QED) is 0.740. The van der Waals surface area contributed by atoms with Gasteiger partial charge in [0.15, 0.2) is 11.5 Å². The molecule has 0 fully saturated rings. The standard InChI is InChI=1S/C17H13NO3/c1-11(19)12-6-4-7-14(9-12)18-17(20)16-10-13-5-2-3-8-15(13)21-16/h2-10H,1H3,(H,18,20). The van der Waals surface area contributed by atoms with Crippen LogP contribution >= 0.6 is 0 Å². The first kappa shape index (κ1) is 13.1. The van der Waals surface area contributed by atoms with Gasteiger partial charge in [-0.25, -0.2) is 0 Å². The molecule has 0 saturated carbocycles. The van der Waals surface area contributed by atoms with Gasteiger partial charge in [-0.3, -0.25) is 9.59 Å². The molecule has 4 heteroatoms. The fourth-order valence-corrected chi connectivity index (χ4v) is 2.10. The van der Waals surface area contributed by atoms with Crippen molar-refractivity contribution >= 4 is 28.3 Å². The van der Waals surface area contributed by atoms with Crippen LogP contribution in [-0.4, -0.2) is 11.7 Å². The van der Waals surface area contributed by atoms with Crippen LogP contribution in [0, 0.1) is 0 Å². The van der Waals surface area contributed by atoms with Gasteiger partial charge < -0.3 is 9.73 Å². The Labute approximate surface area is 121 Å². The lowest BCUT2D eigenvalue weighted by Crippen LogP contribution is -2.11. The number of Topliss-reactive ketones (excluding diaryl/α,β-unsaturated/α-hetero) is 1. The van der Waals surface area contributed by atoms with Crippen molar-refractivity contribution in [3.63, 3.8) is 0 Å². The Balaban J connectivity index is 1.85. The second-order valence-corrected chi connectivity index (χ2v) is 4.74. The number of nitrogens with one attached hydrogen (secondary N) is 1. The fraction of sp³-hybridized carbons (Fsp3) is 0.0588. The normalized spacial score (nSPS) is 10.5. The van der Waals surface area contributed by atoms with Crippen LogP contribution in [0.25, 0.3) is 11.0 Å². The molecular weight excluding hydrogens is 266 g/mol. The zero-order valence-corrected chi connectivity index (χ0v) is 11.4. The van der Waals surface area contributed by atoms with E-state index in [-0.39, 0.29) is 17.5 Å². The largest absolute Gasteiger partial charge is 0.451 e. The van der Waals surface area contributed by atoms with Gasteiger partial charge >= 0.3 is 0 Å². The second kappa shape index (κ2) is 5.25. The van der Waals surface area contributed by atoms with Crippen molar-refractivity contribution in [2.45, 2.75) is 6.92 Å². The molecule has 4 nitrogen and oxygen atoms in total. The molecule has 2 aromatic carbocycles. The maximum absolute atomic E-state index is 12.2. The van der Waals surface area contributed by atoms with E-state index in [1.807, 2.05) is 24.3 Å². The molecule has 1 N–H and O–H groups in total. The van der Waals surface area contributed by atoms with Gasteiger partial charge in [-0.05, 0) is 31.2 Å². The number of hydrogen-bond donors (Lipinski definition) is 1. The molecule has 1 amide bonds. The molecule has 0 aliphatic rings. The summed E-state index contributed by atoms with van der Waals surface area (Å²) in [4.78, 5) is 23.5. The summed E-state index contributed by atoms with van der Waals surface area (Å²) in [6, 6.07) is 15.9. The summed E-state index contributed by atoms with van der Waals surface area (Å²) in [6.45, 7) is 1.49. The van der Waals surface area contributed by atoms with Gasteiger partial charge in [0.25, 0.3) is 5.91 Å². The van der Waals surface area contributed by atoms with Gasteiger partial charge in [0.1, 0.15) is 5.58 Å². The van der Waals surface area contributed by atoms with Gasteiger partial charge in [0, 0.05) is 16.6 Å². The molecule has 3 rings (SSSR count). The summed E-state index contributed by atoms with van der Waals surface area (Å²) in [7, 11) is 0. The number of fused-ring (bicyclic) bond motifs is 1. The van der Waals surface area contributed by atoms with Crippen LogP contribution in [-0.2, 0) is 0 Å². The van der Waals surface area contributed by atoms with Crippen molar-refractivity contribution in [1.29, 1.82) is 0 Å². The molecule has 104 valence electrons. The van der Waals surface area contributed by atoms with E-state index in [1.165, 1.54) is 6.92 Å². The molecule has 0 spiro atoms. The number of anilines is 1. The first-order chi connectivity index (χ1) is 10.1. The number of rotatable bonds is 3. The molecule has 0 saturated heterocycles. The lowest BCUT2D eigenvalue weighted by Gasteiger charge is -2.04. The maximum atomic E-state index is 12.2. The highest BCUT2D eigenvalue weighted by atomic mass is 16.3. The van der Waals surface area contributed by atoms with E-state index in [2.05, 4.69) is 5.32 Å². The lowest BCUT2D eigenvalue weighted by molar-refractivity contribution is 0.0993. The van der Waals surface area contributed by atoms with Crippen LogP contribution in [0.5, 0.6) is 0 Å². The Morgan fingerprint density at radius 3 is 2.57 bits per heavy atom. The smallest absolute Gasteiger partial charge is 0.291 e. The monoisotopic (exact) mass is 279 g/mol. The van der Waals surface area contributed by atoms with E-state index in [0.29, 0.717) is 16.8 Å². The molecule has 0 bridgehead atoms. The molecule has 1 heterocycles. The Bertz CT molecular complexity index is 800. The zero-order chi connectivity index (χ0) is 14.8. The third-order valence-electron chi connectivity index (χ3n) is 3.18. The van der Waals surface area contributed by atoms with E-state index >= 15 is 0 Å². The molecule has 0 radical (unpaired) electrons. The molecule has 3 aromatic rings. The summed E-state index contributed by atoms with van der Waals surface area (Å²) in [5.41, 5.74) is 1.78. The number of hydrogen-bond acceptors (Lipinski definition) is 3. The average molecular weight is 279 g/mol. The highest BCUT2D eigenvalue weighted by Gasteiger charge is 2.12. The van der Waals surface area contributed by atoms with Gasteiger partial charge in [-0.15, -0.1) is 0 Å². The summed E-state index contributed by atoms with van der Waals surface area (Å²) in [5, 5.41) is 3.60. The Hall–Kier alpha value is -2.88. The van der Waals surface area contributed by atoms with Crippen molar-refractivity contribution < 1.29 is 14.0 Å². The predicted molar refractivity (Wildman–Crippen MR) is 80.6 cm³/mol. The average Bonchev–Trinajstić information content (AvgIpc) is 2.91. The van der Waals surface area contributed by atoms with Crippen LogP contribution < -0.4 is 5.32 Å². The summed E-state index contributed by atoms with van der Waals surface area (Å²) >= 11 is 0. The lowest BCUT2D eigenvalue weighted by atomic mass is 10.1. The highest BCUT2D eigenvalue weighted by Crippen LogP contribution is 2.20. The van der Waals surface area contributed by atoms with Gasteiger partial charge in [-0.1, -0.05) is 30.3 Å². The number of ketones is 1. The minimum Gasteiger partial charge on any atom is -0.451 e. The minimum atomic E-state index is -0.341. The molecule has 0 atom stereocenters. The summed E-state index contributed by atoms with van der Waals surface area (Å²) in [6.07, 6.45) is 0. The van der Waals surface area contributed by atoms with E-state index in [1.54, 1.807) is 30.3 Å². The third kappa shape index (κ3) is 2.69. The van der Waals surface area contributed by atoms with E-state index in [9.17, 15) is 9.59 Å². The number of benzene rings is 2. The topological polar surface area (TPSA) is 59.3 Å². The van der Waals surface area contributed by atoms with Crippen LogP contribution in [0.1, 0.15) is 27.8 Å². The second-order valence-electron chi connectivity index (χ2n) is 4.74. The van der Waals surface area contributed by atoms with E-state index in [0.717, 1.165) is 5.39 Å². The number of amides is 1. The highest BCUT2D eigenvalue weighted by molar-refractivity contribution is 6.05. The first-order valence-corrected chi connectivity index (χ1v) is 6.54. The predicted octanol–water partition coefficient (Wildman–Crippen LogP) is 3.89. The van der Waals surface area contributed by atoms with Crippen LogP contribution in [0.2, 0.25) is 0 Å². The Morgan fingerprint density at radius 1 is 1.00 bits per heavy atom.